The van der Waals surface area contributed by atoms with Crippen LogP contribution >= 0.6 is 0 Å². The van der Waals surface area contributed by atoms with E-state index < -0.39 is 6.17 Å². The van der Waals surface area contributed by atoms with Crippen molar-refractivity contribution in [3.63, 3.8) is 0 Å². The lowest BCUT2D eigenvalue weighted by Crippen LogP contribution is -2.48. The predicted molar refractivity (Wildman–Crippen MR) is 120 cm³/mol. The first-order chi connectivity index (χ1) is 15.6. The Morgan fingerprint density at radius 3 is 2.75 bits per heavy atom. The first-order valence-electron chi connectivity index (χ1n) is 10.6. The Bertz CT molecular complexity index is 1360. The third-order valence-corrected chi connectivity index (χ3v) is 5.97. The second-order valence-electron chi connectivity index (χ2n) is 8.28. The summed E-state index contributed by atoms with van der Waals surface area (Å²) in [5.41, 5.74) is 2.33. The largest absolute Gasteiger partial charge is 0.373 e. The number of carbonyl (C=O) groups excluding carboxylic acids is 1. The second kappa shape index (κ2) is 7.11. The van der Waals surface area contributed by atoms with Gasteiger partial charge in [-0.2, -0.15) is 0 Å². The van der Waals surface area contributed by atoms with Gasteiger partial charge in [0.25, 0.3) is 0 Å². The molecule has 1 saturated heterocycles. The highest BCUT2D eigenvalue weighted by molar-refractivity contribution is 6.03. The third kappa shape index (κ3) is 3.19. The number of nitrogens with zero attached hydrogens (tertiary/aromatic N) is 6. The molecule has 2 N–H and O–H groups in total. The molecule has 9 nitrogen and oxygen atoms in total. The number of hydrogen-bond acceptors (Lipinski definition) is 7. The number of amides is 1. The fourth-order valence-electron chi connectivity index (χ4n) is 3.96. The van der Waals surface area contributed by atoms with Crippen molar-refractivity contribution >= 4 is 39.6 Å². The van der Waals surface area contributed by atoms with Gasteiger partial charge >= 0.3 is 0 Å². The van der Waals surface area contributed by atoms with Crippen LogP contribution < -0.4 is 15.5 Å². The van der Waals surface area contributed by atoms with Gasteiger partial charge in [-0.3, -0.25) is 4.79 Å². The number of carbonyl (C=O) groups is 1. The van der Waals surface area contributed by atoms with Crippen LogP contribution in [0.2, 0.25) is 0 Å². The molecule has 1 aliphatic carbocycles. The molecule has 162 valence electrons. The number of rotatable bonds is 5. The molecule has 2 fully saturated rings. The van der Waals surface area contributed by atoms with Gasteiger partial charge in [0.1, 0.15) is 17.8 Å². The molecule has 1 aliphatic heterocycles. The maximum absolute atomic E-state index is 13.2. The van der Waals surface area contributed by atoms with Crippen molar-refractivity contribution in [3.05, 3.63) is 36.8 Å². The summed E-state index contributed by atoms with van der Waals surface area (Å²) in [7, 11) is 1.80. The molecular weight excluding hydrogens is 411 g/mol. The summed E-state index contributed by atoms with van der Waals surface area (Å²) in [5.74, 6) is 1.78. The van der Waals surface area contributed by atoms with Crippen molar-refractivity contribution < 1.29 is 9.18 Å². The SMILES string of the molecule is CNc1ncc(-c2nc3ccc(N4CC(F)C4)cn3n2)c2cc(NC(=O)C3CC3)ncc12. The number of hydrogen-bond donors (Lipinski definition) is 2. The highest BCUT2D eigenvalue weighted by Gasteiger charge is 2.30. The van der Waals surface area contributed by atoms with Gasteiger partial charge < -0.3 is 15.5 Å². The molecule has 32 heavy (non-hydrogen) atoms. The fourth-order valence-corrected chi connectivity index (χ4v) is 3.96. The van der Waals surface area contributed by atoms with Gasteiger partial charge in [0.2, 0.25) is 5.91 Å². The molecule has 10 heteroatoms. The first-order valence-corrected chi connectivity index (χ1v) is 10.6. The summed E-state index contributed by atoms with van der Waals surface area (Å²) in [6.45, 7) is 0.797. The van der Waals surface area contributed by atoms with Gasteiger partial charge in [-0.15, -0.1) is 5.10 Å². The molecule has 6 rings (SSSR count). The highest BCUT2D eigenvalue weighted by Crippen LogP contribution is 2.33. The van der Waals surface area contributed by atoms with E-state index in [1.165, 1.54) is 0 Å². The monoisotopic (exact) mass is 432 g/mol. The lowest BCUT2D eigenvalue weighted by atomic mass is 10.1. The van der Waals surface area contributed by atoms with E-state index in [9.17, 15) is 9.18 Å². The number of anilines is 3. The Balaban J connectivity index is 1.42. The van der Waals surface area contributed by atoms with Crippen LogP contribution in [-0.4, -0.2) is 56.8 Å². The van der Waals surface area contributed by atoms with Crippen LogP contribution in [0.5, 0.6) is 0 Å². The molecule has 0 atom stereocenters. The van der Waals surface area contributed by atoms with Crippen LogP contribution in [0.1, 0.15) is 12.8 Å². The van der Waals surface area contributed by atoms with E-state index in [0.717, 1.165) is 34.9 Å². The Hall–Kier alpha value is -3.82. The Morgan fingerprint density at radius 2 is 2.00 bits per heavy atom. The van der Waals surface area contributed by atoms with E-state index in [0.29, 0.717) is 36.2 Å². The standard InChI is InChI=1S/C22H21FN8O/c1-24-20-16-7-25-18(27-22(32)12-2-3-12)6-15(16)17(8-26-20)21-28-19-5-4-14(11-31(19)29-21)30-9-13(23)10-30/h4-8,11-13H,2-3,9-10H2,1H3,(H,24,26)(H,25,27,32). The molecule has 1 saturated carbocycles. The van der Waals surface area contributed by atoms with Crippen LogP contribution in [0.15, 0.2) is 36.8 Å². The summed E-state index contributed by atoms with van der Waals surface area (Å²) in [6, 6.07) is 5.64. The van der Waals surface area contributed by atoms with Crippen LogP contribution in [0.25, 0.3) is 27.8 Å². The van der Waals surface area contributed by atoms with Crippen molar-refractivity contribution in [1.82, 2.24) is 24.6 Å². The van der Waals surface area contributed by atoms with Gasteiger partial charge in [0, 0.05) is 41.7 Å². The minimum absolute atomic E-state index is 0.00110. The molecular formula is C22H21FN8O. The molecule has 4 aromatic heterocycles. The van der Waals surface area contributed by atoms with Gasteiger partial charge in [-0.1, -0.05) is 0 Å². The lowest BCUT2D eigenvalue weighted by Gasteiger charge is -2.36. The summed E-state index contributed by atoms with van der Waals surface area (Å²) >= 11 is 0. The number of nitrogens with one attached hydrogen (secondary N) is 2. The van der Waals surface area contributed by atoms with E-state index >= 15 is 0 Å². The van der Waals surface area contributed by atoms with E-state index in [-0.39, 0.29) is 11.8 Å². The predicted octanol–water partition coefficient (Wildman–Crippen LogP) is 2.89. The van der Waals surface area contributed by atoms with Crippen LogP contribution in [-0.2, 0) is 4.79 Å². The molecule has 0 radical (unpaired) electrons. The average molecular weight is 432 g/mol. The van der Waals surface area contributed by atoms with E-state index in [2.05, 4.69) is 30.7 Å². The summed E-state index contributed by atoms with van der Waals surface area (Å²) < 4.78 is 14.9. The molecule has 4 aromatic rings. The van der Waals surface area contributed by atoms with Gasteiger partial charge in [-0.25, -0.2) is 23.9 Å². The first kappa shape index (κ1) is 18.9. The summed E-state index contributed by atoms with van der Waals surface area (Å²) in [6.07, 6.45) is 6.36. The van der Waals surface area contributed by atoms with Gasteiger partial charge in [0.05, 0.1) is 25.0 Å². The Morgan fingerprint density at radius 1 is 1.16 bits per heavy atom. The minimum atomic E-state index is -0.775. The van der Waals surface area contributed by atoms with Gasteiger partial charge in [0.15, 0.2) is 11.5 Å². The van der Waals surface area contributed by atoms with E-state index in [1.807, 2.05) is 29.3 Å². The molecule has 0 spiro atoms. The normalized spacial score (nSPS) is 16.4. The highest BCUT2D eigenvalue weighted by atomic mass is 19.1. The zero-order valence-corrected chi connectivity index (χ0v) is 17.4. The third-order valence-electron chi connectivity index (χ3n) is 5.97. The maximum atomic E-state index is 13.2. The zero-order chi connectivity index (χ0) is 21.8. The Kier molecular flexibility index (Phi) is 4.20. The minimum Gasteiger partial charge on any atom is -0.373 e. The molecule has 5 heterocycles. The topological polar surface area (TPSA) is 100 Å². The van der Waals surface area contributed by atoms with Crippen molar-refractivity contribution in [1.29, 1.82) is 0 Å². The molecule has 1 amide bonds. The fraction of sp³-hybridized carbons (Fsp3) is 0.318. The molecule has 0 bridgehead atoms. The summed E-state index contributed by atoms with van der Waals surface area (Å²) in [4.78, 5) is 27.7. The van der Waals surface area contributed by atoms with E-state index in [4.69, 9.17) is 0 Å². The van der Waals surface area contributed by atoms with Crippen LogP contribution in [0, 0.1) is 5.92 Å². The number of alkyl halides is 1. The summed E-state index contributed by atoms with van der Waals surface area (Å²) in [5, 5.41) is 12.3. The van der Waals surface area contributed by atoms with Gasteiger partial charge in [-0.05, 0) is 31.0 Å². The maximum Gasteiger partial charge on any atom is 0.228 e. The van der Waals surface area contributed by atoms with Crippen molar-refractivity contribution in [2.24, 2.45) is 5.92 Å². The quantitative estimate of drug-likeness (QED) is 0.500. The Labute approximate surface area is 182 Å². The second-order valence-corrected chi connectivity index (χ2v) is 8.28. The van der Waals surface area contributed by atoms with E-state index in [1.54, 1.807) is 24.0 Å². The molecule has 0 unspecified atom stereocenters. The number of fused-ring (bicyclic) bond motifs is 2. The number of pyridine rings is 3. The molecule has 0 aromatic carbocycles. The lowest BCUT2D eigenvalue weighted by molar-refractivity contribution is -0.117. The van der Waals surface area contributed by atoms with Crippen molar-refractivity contribution in [2.45, 2.75) is 19.0 Å². The number of aromatic nitrogens is 5. The average Bonchev–Trinajstić information content (AvgIpc) is 3.55. The smallest absolute Gasteiger partial charge is 0.228 e. The van der Waals surface area contributed by atoms with Crippen molar-refractivity contribution in [3.8, 4) is 11.4 Å². The van der Waals surface area contributed by atoms with Crippen molar-refractivity contribution in [2.75, 3.05) is 35.7 Å². The van der Waals surface area contributed by atoms with Crippen LogP contribution in [0.4, 0.5) is 21.7 Å². The number of halogens is 1. The van der Waals surface area contributed by atoms with Crippen LogP contribution in [0.3, 0.4) is 0 Å². The zero-order valence-electron chi connectivity index (χ0n) is 17.4. The molecule has 2 aliphatic rings.